The highest BCUT2D eigenvalue weighted by molar-refractivity contribution is 5.81. The van der Waals surface area contributed by atoms with E-state index in [0.29, 0.717) is 12.8 Å². The number of carboxylic acid groups (broad SMARTS) is 1. The topological polar surface area (TPSA) is 72.8 Å². The SMILES string of the molecule is CC12CCCC(CCC(=O)O)(OC1=O)O2. The molecule has 2 aliphatic rings. The van der Waals surface area contributed by atoms with Crippen molar-refractivity contribution in [1.82, 2.24) is 0 Å². The van der Waals surface area contributed by atoms with Gasteiger partial charge in [0.05, 0.1) is 6.42 Å². The number of fused-ring (bicyclic) bond motifs is 2. The number of rotatable bonds is 3. The van der Waals surface area contributed by atoms with Crippen LogP contribution in [0.4, 0.5) is 0 Å². The van der Waals surface area contributed by atoms with Gasteiger partial charge in [0, 0.05) is 12.8 Å². The van der Waals surface area contributed by atoms with E-state index in [2.05, 4.69) is 0 Å². The first-order valence-corrected chi connectivity index (χ1v) is 5.11. The Kier molecular flexibility index (Phi) is 2.22. The number of carbonyl (C=O) groups excluding carboxylic acids is 1. The van der Waals surface area contributed by atoms with Crippen LogP contribution in [0.3, 0.4) is 0 Å². The van der Waals surface area contributed by atoms with E-state index in [4.69, 9.17) is 14.6 Å². The maximum absolute atomic E-state index is 11.5. The molecule has 84 valence electrons. The number of aliphatic carboxylic acids is 1. The average molecular weight is 214 g/mol. The number of carboxylic acids is 1. The molecule has 0 saturated carbocycles. The summed E-state index contributed by atoms with van der Waals surface area (Å²) in [5, 5.41) is 8.60. The van der Waals surface area contributed by atoms with Crippen LogP contribution in [0, 0.1) is 0 Å². The summed E-state index contributed by atoms with van der Waals surface area (Å²) in [6, 6.07) is 0. The molecular formula is C10H14O5. The molecule has 0 aromatic carbocycles. The lowest BCUT2D eigenvalue weighted by atomic mass is 9.93. The van der Waals surface area contributed by atoms with Gasteiger partial charge in [0.2, 0.25) is 5.79 Å². The molecule has 0 amide bonds. The van der Waals surface area contributed by atoms with Gasteiger partial charge in [-0.1, -0.05) is 0 Å². The van der Waals surface area contributed by atoms with Gasteiger partial charge < -0.3 is 14.6 Å². The maximum Gasteiger partial charge on any atom is 0.340 e. The molecule has 0 aliphatic carbocycles. The Bertz CT molecular complexity index is 313. The Morgan fingerprint density at radius 2 is 2.27 bits per heavy atom. The summed E-state index contributed by atoms with van der Waals surface area (Å²) < 4.78 is 10.8. The first-order chi connectivity index (χ1) is 6.96. The van der Waals surface area contributed by atoms with Crippen LogP contribution in [0.5, 0.6) is 0 Å². The van der Waals surface area contributed by atoms with Crippen LogP contribution in [-0.2, 0) is 19.1 Å². The van der Waals surface area contributed by atoms with Crippen molar-refractivity contribution in [3.05, 3.63) is 0 Å². The summed E-state index contributed by atoms with van der Waals surface area (Å²) >= 11 is 0. The van der Waals surface area contributed by atoms with Crippen molar-refractivity contribution in [1.29, 1.82) is 0 Å². The van der Waals surface area contributed by atoms with Gasteiger partial charge >= 0.3 is 11.9 Å². The minimum Gasteiger partial charge on any atom is -0.481 e. The molecule has 2 bridgehead atoms. The van der Waals surface area contributed by atoms with Gasteiger partial charge in [-0.15, -0.1) is 0 Å². The van der Waals surface area contributed by atoms with Crippen LogP contribution < -0.4 is 0 Å². The van der Waals surface area contributed by atoms with E-state index in [1.54, 1.807) is 6.92 Å². The largest absolute Gasteiger partial charge is 0.481 e. The predicted octanol–water partition coefficient (Wildman–Crippen LogP) is 1.06. The van der Waals surface area contributed by atoms with Crippen LogP contribution >= 0.6 is 0 Å². The number of esters is 1. The number of ether oxygens (including phenoxy) is 2. The van der Waals surface area contributed by atoms with Crippen molar-refractivity contribution in [2.24, 2.45) is 0 Å². The van der Waals surface area contributed by atoms with E-state index in [0.717, 1.165) is 6.42 Å². The average Bonchev–Trinajstić information content (AvgIpc) is 2.31. The number of carbonyl (C=O) groups is 2. The molecular weight excluding hydrogens is 200 g/mol. The predicted molar refractivity (Wildman–Crippen MR) is 49.0 cm³/mol. The van der Waals surface area contributed by atoms with Crippen molar-refractivity contribution in [3.63, 3.8) is 0 Å². The molecule has 0 aromatic rings. The van der Waals surface area contributed by atoms with Crippen LogP contribution in [0.1, 0.15) is 39.0 Å². The van der Waals surface area contributed by atoms with E-state index >= 15 is 0 Å². The summed E-state index contributed by atoms with van der Waals surface area (Å²) in [6.45, 7) is 1.71. The summed E-state index contributed by atoms with van der Waals surface area (Å²) in [7, 11) is 0. The third-order valence-corrected chi connectivity index (χ3v) is 3.05. The highest BCUT2D eigenvalue weighted by Gasteiger charge is 2.57. The van der Waals surface area contributed by atoms with E-state index in [-0.39, 0.29) is 18.8 Å². The van der Waals surface area contributed by atoms with Gasteiger partial charge in [-0.3, -0.25) is 4.79 Å². The minimum atomic E-state index is -0.970. The standard InChI is InChI=1S/C10H14O5/c1-9-4-2-5-10(15-9,14-8(9)13)6-3-7(11)12/h2-6H2,1H3,(H,11,12). The van der Waals surface area contributed by atoms with Crippen LogP contribution in [0.15, 0.2) is 0 Å². The van der Waals surface area contributed by atoms with Crippen molar-refractivity contribution < 1.29 is 24.2 Å². The molecule has 5 nitrogen and oxygen atoms in total. The Hall–Kier alpha value is -1.10. The quantitative estimate of drug-likeness (QED) is 0.711. The zero-order valence-corrected chi connectivity index (χ0v) is 8.62. The molecule has 0 aromatic heterocycles. The minimum absolute atomic E-state index is 0.0383. The van der Waals surface area contributed by atoms with Gasteiger partial charge in [0.1, 0.15) is 0 Å². The second kappa shape index (κ2) is 3.20. The Morgan fingerprint density at radius 1 is 1.53 bits per heavy atom. The lowest BCUT2D eigenvalue weighted by molar-refractivity contribution is -0.214. The molecule has 2 atom stereocenters. The molecule has 0 radical (unpaired) electrons. The van der Waals surface area contributed by atoms with Gasteiger partial charge in [-0.25, -0.2) is 4.79 Å². The van der Waals surface area contributed by atoms with E-state index in [9.17, 15) is 9.59 Å². The smallest absolute Gasteiger partial charge is 0.340 e. The first kappa shape index (κ1) is 10.4. The normalized spacial score (nSPS) is 38.9. The summed E-state index contributed by atoms with van der Waals surface area (Å²) in [4.78, 5) is 22.0. The lowest BCUT2D eigenvalue weighted by Gasteiger charge is -2.33. The highest BCUT2D eigenvalue weighted by atomic mass is 16.8. The summed E-state index contributed by atoms with van der Waals surface area (Å²) in [5.41, 5.74) is -0.850. The van der Waals surface area contributed by atoms with E-state index in [1.165, 1.54) is 0 Å². The zero-order valence-electron chi connectivity index (χ0n) is 8.62. The first-order valence-electron chi connectivity index (χ1n) is 5.11. The Labute approximate surface area is 87.4 Å². The second-order valence-corrected chi connectivity index (χ2v) is 4.38. The number of hydrogen-bond acceptors (Lipinski definition) is 4. The third kappa shape index (κ3) is 1.71. The summed E-state index contributed by atoms with van der Waals surface area (Å²) in [6.07, 6.45) is 2.29. The molecule has 15 heavy (non-hydrogen) atoms. The van der Waals surface area contributed by atoms with Gasteiger partial charge in [-0.05, 0) is 19.8 Å². The molecule has 2 heterocycles. The van der Waals surface area contributed by atoms with Crippen LogP contribution in [0.25, 0.3) is 0 Å². The molecule has 2 rings (SSSR count). The fourth-order valence-corrected chi connectivity index (χ4v) is 2.22. The monoisotopic (exact) mass is 214 g/mol. The van der Waals surface area contributed by atoms with Gasteiger partial charge in [0.15, 0.2) is 5.60 Å². The second-order valence-electron chi connectivity index (χ2n) is 4.38. The lowest BCUT2D eigenvalue weighted by Crippen LogP contribution is -2.40. The highest BCUT2D eigenvalue weighted by Crippen LogP contribution is 2.45. The van der Waals surface area contributed by atoms with E-state index in [1.807, 2.05) is 0 Å². The summed E-state index contributed by atoms with van der Waals surface area (Å²) in [5.74, 6) is -2.23. The fourth-order valence-electron chi connectivity index (χ4n) is 2.22. The Balaban J connectivity index is 2.10. The van der Waals surface area contributed by atoms with Gasteiger partial charge in [-0.2, -0.15) is 0 Å². The molecule has 2 unspecified atom stereocenters. The van der Waals surface area contributed by atoms with Crippen molar-refractivity contribution in [3.8, 4) is 0 Å². The van der Waals surface area contributed by atoms with Crippen molar-refractivity contribution >= 4 is 11.9 Å². The molecule has 0 spiro atoms. The molecule has 2 aliphatic heterocycles. The fraction of sp³-hybridized carbons (Fsp3) is 0.800. The van der Waals surface area contributed by atoms with Crippen molar-refractivity contribution in [2.75, 3.05) is 0 Å². The number of hydrogen-bond donors (Lipinski definition) is 1. The molecule has 1 N–H and O–H groups in total. The van der Waals surface area contributed by atoms with Crippen LogP contribution in [0.2, 0.25) is 0 Å². The zero-order chi connectivity index (χ0) is 11.1. The van der Waals surface area contributed by atoms with Crippen LogP contribution in [-0.4, -0.2) is 28.4 Å². The third-order valence-electron chi connectivity index (χ3n) is 3.05. The van der Waals surface area contributed by atoms with Crippen molar-refractivity contribution in [2.45, 2.75) is 50.4 Å². The van der Waals surface area contributed by atoms with E-state index < -0.39 is 17.4 Å². The molecule has 2 saturated heterocycles. The van der Waals surface area contributed by atoms with Gasteiger partial charge in [0.25, 0.3) is 0 Å². The maximum atomic E-state index is 11.5. The Morgan fingerprint density at radius 3 is 2.93 bits per heavy atom. The molecule has 5 heteroatoms. The molecule has 2 fully saturated rings.